The lowest BCUT2D eigenvalue weighted by atomic mass is 10.1. The molecule has 1 heterocycles. The Labute approximate surface area is 82.8 Å². The fourth-order valence-electron chi connectivity index (χ4n) is 1.49. The van der Waals surface area contributed by atoms with E-state index in [4.69, 9.17) is 0 Å². The molecule has 2 N–H and O–H groups in total. The number of nitrogens with zero attached hydrogens (tertiary/aromatic N) is 1. The first-order valence-electron chi connectivity index (χ1n) is 4.73. The molecule has 0 fully saturated rings. The Morgan fingerprint density at radius 3 is 2.57 bits per heavy atom. The van der Waals surface area contributed by atoms with Gasteiger partial charge in [0, 0.05) is 0 Å². The molecular formula is C11H14N2O. The van der Waals surface area contributed by atoms with Crippen LogP contribution in [-0.4, -0.2) is 15.1 Å². The summed E-state index contributed by atoms with van der Waals surface area (Å²) in [6.45, 7) is 5.83. The predicted octanol–water partition coefficient (Wildman–Crippen LogP) is 2.23. The minimum Gasteiger partial charge on any atom is -0.385 e. The van der Waals surface area contributed by atoms with Crippen LogP contribution >= 0.6 is 0 Å². The fraction of sp³-hybridized carbons (Fsp3) is 0.364. The van der Waals surface area contributed by atoms with Crippen LogP contribution in [0.25, 0.3) is 11.0 Å². The van der Waals surface area contributed by atoms with Crippen molar-refractivity contribution in [2.75, 3.05) is 0 Å². The first-order chi connectivity index (χ1) is 6.58. The molecule has 3 nitrogen and oxygen atoms in total. The van der Waals surface area contributed by atoms with Gasteiger partial charge in [-0.05, 0) is 44.0 Å². The zero-order valence-corrected chi connectivity index (χ0v) is 8.63. The normalized spacial score (nSPS) is 13.4. The van der Waals surface area contributed by atoms with Crippen LogP contribution < -0.4 is 0 Å². The maximum atomic E-state index is 9.37. The Morgan fingerprint density at radius 1 is 1.29 bits per heavy atom. The summed E-state index contributed by atoms with van der Waals surface area (Å²) in [6.07, 6.45) is -0.539. The van der Waals surface area contributed by atoms with E-state index in [1.54, 1.807) is 6.92 Å². The van der Waals surface area contributed by atoms with Crippen LogP contribution in [0.1, 0.15) is 30.0 Å². The van der Waals surface area contributed by atoms with Crippen molar-refractivity contribution in [1.29, 1.82) is 0 Å². The van der Waals surface area contributed by atoms with Crippen LogP contribution in [0.2, 0.25) is 0 Å². The summed E-state index contributed by atoms with van der Waals surface area (Å²) in [5.41, 5.74) is 4.37. The lowest BCUT2D eigenvalue weighted by Gasteiger charge is -1.97. The molecular weight excluding hydrogens is 176 g/mol. The number of aliphatic hydroxyl groups excluding tert-OH is 1. The van der Waals surface area contributed by atoms with Crippen LogP contribution in [0.5, 0.6) is 0 Å². The van der Waals surface area contributed by atoms with Gasteiger partial charge < -0.3 is 10.1 Å². The lowest BCUT2D eigenvalue weighted by molar-refractivity contribution is 0.190. The van der Waals surface area contributed by atoms with Gasteiger partial charge in [-0.25, -0.2) is 4.98 Å². The van der Waals surface area contributed by atoms with E-state index in [0.29, 0.717) is 5.82 Å². The van der Waals surface area contributed by atoms with Crippen LogP contribution in [0.3, 0.4) is 0 Å². The maximum absolute atomic E-state index is 9.37. The summed E-state index contributed by atoms with van der Waals surface area (Å²) in [5, 5.41) is 9.37. The van der Waals surface area contributed by atoms with Crippen molar-refractivity contribution in [2.24, 2.45) is 0 Å². The molecule has 3 heteroatoms. The average molecular weight is 190 g/mol. The van der Waals surface area contributed by atoms with Gasteiger partial charge in [0.1, 0.15) is 11.9 Å². The molecule has 1 aromatic carbocycles. The molecule has 0 spiro atoms. The molecule has 0 bridgehead atoms. The smallest absolute Gasteiger partial charge is 0.135 e. The number of aryl methyl sites for hydroxylation is 2. The molecule has 0 saturated carbocycles. The van der Waals surface area contributed by atoms with Gasteiger partial charge in [-0.15, -0.1) is 0 Å². The van der Waals surface area contributed by atoms with E-state index in [1.807, 2.05) is 6.07 Å². The molecule has 0 aliphatic carbocycles. The topological polar surface area (TPSA) is 48.9 Å². The second-order valence-corrected chi connectivity index (χ2v) is 3.75. The minimum atomic E-state index is -0.539. The number of aromatic amines is 1. The number of imidazole rings is 1. The highest BCUT2D eigenvalue weighted by Crippen LogP contribution is 2.19. The fourth-order valence-corrected chi connectivity index (χ4v) is 1.49. The summed E-state index contributed by atoms with van der Waals surface area (Å²) >= 11 is 0. The Bertz CT molecular complexity index is 432. The third-order valence-corrected chi connectivity index (χ3v) is 2.51. The lowest BCUT2D eigenvalue weighted by Crippen LogP contribution is -1.92. The molecule has 1 atom stereocenters. The highest BCUT2D eigenvalue weighted by molar-refractivity contribution is 5.77. The first-order valence-corrected chi connectivity index (χ1v) is 4.73. The van der Waals surface area contributed by atoms with Crippen LogP contribution in [0.4, 0.5) is 0 Å². The molecule has 74 valence electrons. The number of fused-ring (bicyclic) bond motifs is 1. The Morgan fingerprint density at radius 2 is 1.93 bits per heavy atom. The van der Waals surface area contributed by atoms with Crippen molar-refractivity contribution in [3.05, 3.63) is 29.1 Å². The van der Waals surface area contributed by atoms with Crippen molar-refractivity contribution < 1.29 is 5.11 Å². The standard InChI is InChI=1S/C11H14N2O/c1-6-4-9-10(5-7(6)2)13-11(12-9)8(3)14/h4-5,8,14H,1-3H3,(H,12,13)/t8-/m0/s1. The van der Waals surface area contributed by atoms with E-state index < -0.39 is 6.10 Å². The van der Waals surface area contributed by atoms with Gasteiger partial charge in [-0.3, -0.25) is 0 Å². The van der Waals surface area contributed by atoms with Crippen LogP contribution in [0, 0.1) is 13.8 Å². The average Bonchev–Trinajstić information content (AvgIpc) is 2.48. The van der Waals surface area contributed by atoms with Gasteiger partial charge in [0.2, 0.25) is 0 Å². The monoisotopic (exact) mass is 190 g/mol. The Kier molecular flexibility index (Phi) is 2.04. The largest absolute Gasteiger partial charge is 0.385 e. The highest BCUT2D eigenvalue weighted by atomic mass is 16.3. The zero-order chi connectivity index (χ0) is 10.3. The van der Waals surface area contributed by atoms with E-state index >= 15 is 0 Å². The van der Waals surface area contributed by atoms with Gasteiger partial charge in [0.05, 0.1) is 11.0 Å². The summed E-state index contributed by atoms with van der Waals surface area (Å²) in [5.74, 6) is 0.630. The number of hydrogen-bond acceptors (Lipinski definition) is 2. The number of rotatable bonds is 1. The SMILES string of the molecule is Cc1cc2nc([C@H](C)O)[nH]c2cc1C. The second kappa shape index (κ2) is 3.10. The number of aromatic nitrogens is 2. The van der Waals surface area contributed by atoms with Crippen LogP contribution in [0.15, 0.2) is 12.1 Å². The van der Waals surface area contributed by atoms with Crippen molar-refractivity contribution in [1.82, 2.24) is 9.97 Å². The van der Waals surface area contributed by atoms with E-state index in [9.17, 15) is 5.11 Å². The third-order valence-electron chi connectivity index (χ3n) is 2.51. The molecule has 2 rings (SSSR count). The minimum absolute atomic E-state index is 0.539. The van der Waals surface area contributed by atoms with Crippen molar-refractivity contribution in [2.45, 2.75) is 26.9 Å². The highest BCUT2D eigenvalue weighted by Gasteiger charge is 2.08. The summed E-state index contributed by atoms with van der Waals surface area (Å²) in [6, 6.07) is 4.09. The molecule has 0 aliphatic heterocycles. The van der Waals surface area contributed by atoms with Gasteiger partial charge in [-0.1, -0.05) is 0 Å². The molecule has 0 aliphatic rings. The van der Waals surface area contributed by atoms with E-state index in [-0.39, 0.29) is 0 Å². The third kappa shape index (κ3) is 1.40. The number of aliphatic hydroxyl groups is 1. The van der Waals surface area contributed by atoms with Crippen LogP contribution in [-0.2, 0) is 0 Å². The predicted molar refractivity (Wildman–Crippen MR) is 56.2 cm³/mol. The van der Waals surface area contributed by atoms with Crippen molar-refractivity contribution in [3.63, 3.8) is 0 Å². The summed E-state index contributed by atoms with van der Waals surface area (Å²) in [4.78, 5) is 7.41. The quantitative estimate of drug-likeness (QED) is 0.724. The van der Waals surface area contributed by atoms with Gasteiger partial charge in [0.25, 0.3) is 0 Å². The summed E-state index contributed by atoms with van der Waals surface area (Å²) < 4.78 is 0. The number of nitrogens with one attached hydrogen (secondary N) is 1. The molecule has 2 aromatic rings. The number of hydrogen-bond donors (Lipinski definition) is 2. The molecule has 14 heavy (non-hydrogen) atoms. The summed E-state index contributed by atoms with van der Waals surface area (Å²) in [7, 11) is 0. The molecule has 0 amide bonds. The molecule has 0 saturated heterocycles. The van der Waals surface area contributed by atoms with E-state index in [1.165, 1.54) is 11.1 Å². The molecule has 1 aromatic heterocycles. The zero-order valence-electron chi connectivity index (χ0n) is 8.63. The van der Waals surface area contributed by atoms with Crippen molar-refractivity contribution >= 4 is 11.0 Å². The van der Waals surface area contributed by atoms with Gasteiger partial charge in [-0.2, -0.15) is 0 Å². The Hall–Kier alpha value is -1.35. The van der Waals surface area contributed by atoms with E-state index in [2.05, 4.69) is 29.9 Å². The van der Waals surface area contributed by atoms with Crippen molar-refractivity contribution in [3.8, 4) is 0 Å². The van der Waals surface area contributed by atoms with E-state index in [0.717, 1.165) is 11.0 Å². The first kappa shape index (κ1) is 9.21. The molecule has 0 unspecified atom stereocenters. The Balaban J connectivity index is 2.66. The molecule has 0 radical (unpaired) electrons. The van der Waals surface area contributed by atoms with Gasteiger partial charge in [0.15, 0.2) is 0 Å². The maximum Gasteiger partial charge on any atom is 0.135 e. The number of benzene rings is 1. The van der Waals surface area contributed by atoms with Gasteiger partial charge >= 0.3 is 0 Å². The number of H-pyrrole nitrogens is 1. The second-order valence-electron chi connectivity index (χ2n) is 3.75.